The molecule has 24 heavy (non-hydrogen) atoms. The van der Waals surface area contributed by atoms with Crippen LogP contribution in [-0.4, -0.2) is 33.6 Å². The Balaban J connectivity index is 2.08. The molecular weight excluding hydrogens is 313 g/mol. The average Bonchev–Trinajstić information content (AvgIpc) is 2.57. The molecule has 0 atom stereocenters. The van der Waals surface area contributed by atoms with Gasteiger partial charge in [0.25, 0.3) is 5.91 Å². The molecule has 0 bridgehead atoms. The maximum atomic E-state index is 13.2. The monoisotopic (exact) mass is 329 g/mol. The molecule has 2 aromatic heterocycles. The highest BCUT2D eigenvalue weighted by molar-refractivity contribution is 6.47. The zero-order valence-electron chi connectivity index (χ0n) is 13.4. The molecule has 124 valence electrons. The molecule has 0 aliphatic carbocycles. The van der Waals surface area contributed by atoms with Crippen LogP contribution in [0.5, 0.6) is 5.75 Å². The molecule has 0 aliphatic heterocycles. The highest BCUT2D eigenvalue weighted by atomic mass is 19.1. The summed E-state index contributed by atoms with van der Waals surface area (Å²) in [6, 6.07) is 2.61. The van der Waals surface area contributed by atoms with Gasteiger partial charge in [0.1, 0.15) is 29.4 Å². The van der Waals surface area contributed by atoms with Crippen molar-refractivity contribution >= 4 is 17.4 Å². The molecule has 2 aromatic rings. The minimum absolute atomic E-state index is 0.133. The van der Waals surface area contributed by atoms with E-state index in [1.54, 1.807) is 6.92 Å². The number of rotatable bonds is 5. The van der Waals surface area contributed by atoms with Crippen LogP contribution in [-0.2, 0) is 4.79 Å². The molecule has 0 unspecified atom stereocenters. The van der Waals surface area contributed by atoms with Gasteiger partial charge < -0.3 is 10.1 Å². The first-order valence-corrected chi connectivity index (χ1v) is 7.02. The molecule has 7 nitrogen and oxygen atoms in total. The summed E-state index contributed by atoms with van der Waals surface area (Å²) >= 11 is 0. The number of aromatic nitrogens is 3. The number of nitrogens with one attached hydrogen (secondary N) is 1. The molecule has 0 spiro atoms. The summed E-state index contributed by atoms with van der Waals surface area (Å²) in [4.78, 5) is 27.8. The van der Waals surface area contributed by atoms with E-state index in [0.717, 1.165) is 0 Å². The van der Waals surface area contributed by atoms with Gasteiger partial charge in [-0.1, -0.05) is 0 Å². The van der Waals surface area contributed by atoms with E-state index in [9.17, 15) is 9.18 Å². The zero-order chi connectivity index (χ0) is 17.5. The van der Waals surface area contributed by atoms with Crippen LogP contribution >= 0.6 is 0 Å². The van der Waals surface area contributed by atoms with E-state index >= 15 is 0 Å². The molecule has 2 heterocycles. The number of hydrogen-bond donors (Lipinski definition) is 1. The normalized spacial score (nSPS) is 12.0. The van der Waals surface area contributed by atoms with Gasteiger partial charge in [-0.25, -0.2) is 19.3 Å². The predicted octanol–water partition coefficient (Wildman–Crippen LogP) is 2.31. The van der Waals surface area contributed by atoms with Crippen molar-refractivity contribution in [2.45, 2.75) is 13.8 Å². The van der Waals surface area contributed by atoms with Crippen molar-refractivity contribution in [3.63, 3.8) is 0 Å². The van der Waals surface area contributed by atoms with E-state index in [0.29, 0.717) is 11.5 Å². The quantitative estimate of drug-likeness (QED) is 0.671. The fourth-order valence-electron chi connectivity index (χ4n) is 1.77. The first kappa shape index (κ1) is 17.2. The molecule has 0 aromatic carbocycles. The van der Waals surface area contributed by atoms with Gasteiger partial charge in [0.15, 0.2) is 5.75 Å². The Morgan fingerprint density at radius 3 is 2.67 bits per heavy atom. The van der Waals surface area contributed by atoms with Crippen LogP contribution < -0.4 is 10.1 Å². The smallest absolute Gasteiger partial charge is 0.275 e. The Morgan fingerprint density at radius 1 is 1.33 bits per heavy atom. The van der Waals surface area contributed by atoms with E-state index in [4.69, 9.17) is 4.74 Å². The first-order valence-electron chi connectivity index (χ1n) is 7.02. The van der Waals surface area contributed by atoms with Crippen molar-refractivity contribution in [2.24, 2.45) is 4.99 Å². The minimum atomic E-state index is -0.483. The van der Waals surface area contributed by atoms with E-state index < -0.39 is 11.7 Å². The number of amides is 1. The number of halogens is 1. The number of aryl methyl sites for hydroxylation is 1. The van der Waals surface area contributed by atoms with Gasteiger partial charge in [-0.05, 0) is 26.0 Å². The molecule has 0 aliphatic rings. The SMILES string of the molecule is CN=C(C=C(C)Oc1cncnc1)C(=O)Nc1ccc(F)c(C)n1. The van der Waals surface area contributed by atoms with E-state index in [1.165, 1.54) is 50.9 Å². The van der Waals surface area contributed by atoms with Crippen LogP contribution in [0, 0.1) is 12.7 Å². The second-order valence-electron chi connectivity index (χ2n) is 4.76. The molecule has 0 fully saturated rings. The lowest BCUT2D eigenvalue weighted by Crippen LogP contribution is -2.22. The topological polar surface area (TPSA) is 89.4 Å². The lowest BCUT2D eigenvalue weighted by atomic mass is 10.3. The van der Waals surface area contributed by atoms with E-state index in [1.807, 2.05) is 0 Å². The van der Waals surface area contributed by atoms with Gasteiger partial charge in [0.05, 0.1) is 18.1 Å². The van der Waals surface area contributed by atoms with Gasteiger partial charge in [-0.15, -0.1) is 0 Å². The Labute approximate surface area is 138 Å². The third kappa shape index (κ3) is 4.67. The van der Waals surface area contributed by atoms with E-state index in [2.05, 4.69) is 25.3 Å². The van der Waals surface area contributed by atoms with Crippen LogP contribution in [0.3, 0.4) is 0 Å². The number of anilines is 1. The summed E-state index contributed by atoms with van der Waals surface area (Å²) < 4.78 is 18.7. The highest BCUT2D eigenvalue weighted by Gasteiger charge is 2.11. The number of ether oxygens (including phenoxy) is 1. The van der Waals surface area contributed by atoms with Crippen molar-refractivity contribution in [1.29, 1.82) is 0 Å². The first-order chi connectivity index (χ1) is 11.5. The standard InChI is InChI=1S/C16H16FN5O2/c1-10(24-12-7-19-9-20-8-12)6-14(18-3)16(23)22-15-5-4-13(17)11(2)21-15/h4-9H,1-3H3,(H,21,22,23). The van der Waals surface area contributed by atoms with Crippen LogP contribution in [0.2, 0.25) is 0 Å². The summed E-state index contributed by atoms with van der Waals surface area (Å²) in [5.41, 5.74) is 0.329. The summed E-state index contributed by atoms with van der Waals surface area (Å²) in [6.45, 7) is 3.19. The molecule has 2 rings (SSSR count). The number of carbonyl (C=O) groups is 1. The summed E-state index contributed by atoms with van der Waals surface area (Å²) in [5.74, 6) is 0.195. The lowest BCUT2D eigenvalue weighted by molar-refractivity contribution is -0.110. The number of carbonyl (C=O) groups excluding carboxylic acids is 1. The van der Waals surface area contributed by atoms with Crippen LogP contribution in [0.25, 0.3) is 0 Å². The van der Waals surface area contributed by atoms with Crippen molar-refractivity contribution in [1.82, 2.24) is 15.0 Å². The Bertz CT molecular complexity index is 790. The Kier molecular flexibility index (Phi) is 5.67. The van der Waals surface area contributed by atoms with E-state index in [-0.39, 0.29) is 17.2 Å². The second kappa shape index (κ2) is 7.91. The summed E-state index contributed by atoms with van der Waals surface area (Å²) in [6.07, 6.45) is 5.85. The summed E-state index contributed by atoms with van der Waals surface area (Å²) in [5, 5.41) is 2.56. The predicted molar refractivity (Wildman–Crippen MR) is 87.3 cm³/mol. The zero-order valence-corrected chi connectivity index (χ0v) is 13.4. The van der Waals surface area contributed by atoms with Gasteiger partial charge in [-0.3, -0.25) is 9.79 Å². The number of allylic oxidation sites excluding steroid dienone is 1. The number of pyridine rings is 1. The van der Waals surface area contributed by atoms with Gasteiger partial charge in [0, 0.05) is 13.1 Å². The van der Waals surface area contributed by atoms with Crippen molar-refractivity contribution in [3.8, 4) is 5.75 Å². The second-order valence-corrected chi connectivity index (χ2v) is 4.76. The summed E-state index contributed by atoms with van der Waals surface area (Å²) in [7, 11) is 1.48. The average molecular weight is 329 g/mol. The van der Waals surface area contributed by atoms with Crippen molar-refractivity contribution in [2.75, 3.05) is 12.4 Å². The largest absolute Gasteiger partial charge is 0.459 e. The highest BCUT2D eigenvalue weighted by Crippen LogP contribution is 2.11. The number of hydrogen-bond acceptors (Lipinski definition) is 6. The Hall–Kier alpha value is -3.16. The van der Waals surface area contributed by atoms with Crippen LogP contribution in [0.4, 0.5) is 10.2 Å². The van der Waals surface area contributed by atoms with Crippen molar-refractivity contribution in [3.05, 3.63) is 54.2 Å². The number of nitrogens with zero attached hydrogens (tertiary/aromatic N) is 4. The third-order valence-electron chi connectivity index (χ3n) is 2.89. The maximum absolute atomic E-state index is 13.2. The fraction of sp³-hybridized carbons (Fsp3) is 0.188. The molecular formula is C16H16FN5O2. The minimum Gasteiger partial charge on any atom is -0.459 e. The lowest BCUT2D eigenvalue weighted by Gasteiger charge is -2.07. The fourth-order valence-corrected chi connectivity index (χ4v) is 1.77. The molecule has 0 radical (unpaired) electrons. The van der Waals surface area contributed by atoms with Crippen molar-refractivity contribution < 1.29 is 13.9 Å². The molecule has 0 saturated heterocycles. The van der Waals surface area contributed by atoms with Gasteiger partial charge in [-0.2, -0.15) is 0 Å². The molecule has 0 saturated carbocycles. The van der Waals surface area contributed by atoms with Crippen LogP contribution in [0.1, 0.15) is 12.6 Å². The number of aliphatic imine (C=N–C) groups is 1. The van der Waals surface area contributed by atoms with Crippen LogP contribution in [0.15, 0.2) is 47.7 Å². The Morgan fingerprint density at radius 2 is 2.04 bits per heavy atom. The third-order valence-corrected chi connectivity index (χ3v) is 2.89. The molecule has 1 amide bonds. The van der Waals surface area contributed by atoms with Gasteiger partial charge >= 0.3 is 0 Å². The molecule has 8 heteroatoms. The maximum Gasteiger partial charge on any atom is 0.275 e. The molecule has 1 N–H and O–H groups in total. The van der Waals surface area contributed by atoms with Gasteiger partial charge in [0.2, 0.25) is 0 Å².